The first-order chi connectivity index (χ1) is 7.60. The minimum atomic E-state index is -0.284. The number of carbonyl (C=O) groups excluding carboxylic acids is 1. The van der Waals surface area contributed by atoms with Crippen LogP contribution >= 0.6 is 0 Å². The minimum Gasteiger partial charge on any atom is -0.298 e. The highest BCUT2D eigenvalue weighted by Gasteiger charge is 2.09. The summed E-state index contributed by atoms with van der Waals surface area (Å²) in [6, 6.07) is 1.59. The van der Waals surface area contributed by atoms with Gasteiger partial charge in [-0.2, -0.15) is 5.10 Å². The predicted octanol–water partition coefficient (Wildman–Crippen LogP) is 1.98. The lowest BCUT2D eigenvalue weighted by molar-refractivity contribution is 0.112. The molecule has 0 aromatic carbocycles. The zero-order valence-corrected chi connectivity index (χ0v) is 10.1. The zero-order valence-electron chi connectivity index (χ0n) is 10.1. The highest BCUT2D eigenvalue weighted by molar-refractivity contribution is 5.74. The fourth-order valence-electron chi connectivity index (χ4n) is 1.41. The third kappa shape index (κ3) is 2.78. The molecule has 0 saturated carbocycles. The highest BCUT2D eigenvalue weighted by Crippen LogP contribution is 2.10. The van der Waals surface area contributed by atoms with E-state index < -0.39 is 0 Å². The number of hydrogen-bond donors (Lipinski definition) is 0. The maximum atomic E-state index is 11.7. The lowest BCUT2D eigenvalue weighted by atomic mass is 10.1. The van der Waals surface area contributed by atoms with Crippen LogP contribution in [0.3, 0.4) is 0 Å². The molecule has 0 aliphatic rings. The normalized spacial score (nSPS) is 10.8. The monoisotopic (exact) mass is 222 g/mol. The van der Waals surface area contributed by atoms with Crippen molar-refractivity contribution in [3.8, 4) is 0 Å². The molecule has 0 fully saturated rings. The second-order valence-electron chi connectivity index (χ2n) is 4.18. The average Bonchev–Trinajstić information content (AvgIpc) is 2.27. The fraction of sp³-hybridized carbons (Fsp3) is 0.583. The van der Waals surface area contributed by atoms with Gasteiger partial charge in [-0.05, 0) is 18.4 Å². The van der Waals surface area contributed by atoms with Crippen molar-refractivity contribution >= 4 is 6.29 Å². The average molecular weight is 222 g/mol. The van der Waals surface area contributed by atoms with E-state index in [0.717, 1.165) is 18.5 Å². The van der Waals surface area contributed by atoms with Gasteiger partial charge in [-0.1, -0.05) is 27.2 Å². The maximum absolute atomic E-state index is 11.7. The lowest BCUT2D eigenvalue weighted by Crippen LogP contribution is -2.27. The largest absolute Gasteiger partial charge is 0.298 e. The molecule has 0 radical (unpaired) electrons. The molecule has 0 unspecified atom stereocenters. The van der Waals surface area contributed by atoms with E-state index in [4.69, 9.17) is 0 Å². The summed E-state index contributed by atoms with van der Waals surface area (Å²) in [7, 11) is 0. The van der Waals surface area contributed by atoms with Crippen molar-refractivity contribution in [1.29, 1.82) is 0 Å². The molecule has 1 heterocycles. The third-order valence-corrected chi connectivity index (χ3v) is 2.46. The number of hydrogen-bond acceptors (Lipinski definition) is 3. The summed E-state index contributed by atoms with van der Waals surface area (Å²) in [5.74, 6) is 0.215. The summed E-state index contributed by atoms with van der Waals surface area (Å²) < 4.78 is 1.41. The van der Waals surface area contributed by atoms with E-state index in [1.54, 1.807) is 6.07 Å². The molecule has 1 aromatic heterocycles. The Balaban J connectivity index is 3.19. The van der Waals surface area contributed by atoms with Crippen molar-refractivity contribution < 1.29 is 4.79 Å². The van der Waals surface area contributed by atoms with Gasteiger partial charge in [-0.15, -0.1) is 0 Å². The van der Waals surface area contributed by atoms with Gasteiger partial charge in [0, 0.05) is 6.54 Å². The first kappa shape index (κ1) is 12.6. The van der Waals surface area contributed by atoms with Gasteiger partial charge in [0.1, 0.15) is 0 Å². The van der Waals surface area contributed by atoms with Crippen LogP contribution in [0.4, 0.5) is 0 Å². The van der Waals surface area contributed by atoms with Crippen LogP contribution in [-0.4, -0.2) is 16.1 Å². The van der Waals surface area contributed by atoms with Gasteiger partial charge in [0.15, 0.2) is 6.29 Å². The maximum Gasteiger partial charge on any atom is 0.277 e. The number of aromatic nitrogens is 2. The van der Waals surface area contributed by atoms with Gasteiger partial charge >= 0.3 is 0 Å². The van der Waals surface area contributed by atoms with Crippen molar-refractivity contribution in [3.05, 3.63) is 27.7 Å². The van der Waals surface area contributed by atoms with Gasteiger partial charge < -0.3 is 0 Å². The first-order valence-electron chi connectivity index (χ1n) is 5.67. The number of aryl methyl sites for hydroxylation is 1. The molecule has 0 aliphatic heterocycles. The van der Waals surface area contributed by atoms with Gasteiger partial charge in [-0.3, -0.25) is 9.59 Å². The smallest absolute Gasteiger partial charge is 0.277 e. The van der Waals surface area contributed by atoms with Crippen LogP contribution in [0.15, 0.2) is 10.9 Å². The van der Waals surface area contributed by atoms with Crippen molar-refractivity contribution in [2.75, 3.05) is 0 Å². The Morgan fingerprint density at radius 1 is 1.50 bits per heavy atom. The quantitative estimate of drug-likeness (QED) is 0.716. The number of carbonyl (C=O) groups is 1. The van der Waals surface area contributed by atoms with E-state index in [0.29, 0.717) is 12.8 Å². The molecule has 88 valence electrons. The fourth-order valence-corrected chi connectivity index (χ4v) is 1.41. The van der Waals surface area contributed by atoms with E-state index in [-0.39, 0.29) is 17.0 Å². The standard InChI is InChI=1S/C12H18N2O2/c1-4-5-6-14-12(16)10(8-15)7-11(13-14)9(2)3/h7-9H,4-6H2,1-3H3. The van der Waals surface area contributed by atoms with Crippen LogP contribution in [0, 0.1) is 0 Å². The van der Waals surface area contributed by atoms with Crippen LogP contribution in [0.25, 0.3) is 0 Å². The number of rotatable bonds is 5. The van der Waals surface area contributed by atoms with Crippen LogP contribution in [0.1, 0.15) is 55.6 Å². The van der Waals surface area contributed by atoms with Crippen molar-refractivity contribution in [2.45, 2.75) is 46.1 Å². The molecule has 0 amide bonds. The predicted molar refractivity (Wildman–Crippen MR) is 62.9 cm³/mol. The molecule has 0 atom stereocenters. The molecular formula is C12H18N2O2. The van der Waals surface area contributed by atoms with Gasteiger partial charge in [0.05, 0.1) is 11.3 Å². The summed E-state index contributed by atoms with van der Waals surface area (Å²) in [5.41, 5.74) is 0.709. The molecular weight excluding hydrogens is 204 g/mol. The van der Waals surface area contributed by atoms with Gasteiger partial charge in [-0.25, -0.2) is 4.68 Å². The number of aldehydes is 1. The molecule has 0 spiro atoms. The molecule has 0 aliphatic carbocycles. The Labute approximate surface area is 95.3 Å². The second-order valence-corrected chi connectivity index (χ2v) is 4.18. The van der Waals surface area contributed by atoms with E-state index in [2.05, 4.69) is 12.0 Å². The first-order valence-corrected chi connectivity index (χ1v) is 5.67. The summed E-state index contributed by atoms with van der Waals surface area (Å²) >= 11 is 0. The molecule has 16 heavy (non-hydrogen) atoms. The summed E-state index contributed by atoms with van der Waals surface area (Å²) in [6.45, 7) is 6.62. The summed E-state index contributed by atoms with van der Waals surface area (Å²) in [5, 5.41) is 4.26. The van der Waals surface area contributed by atoms with Gasteiger partial charge in [0.25, 0.3) is 5.56 Å². The SMILES string of the molecule is CCCCn1nc(C(C)C)cc(C=O)c1=O. The van der Waals surface area contributed by atoms with Crippen LogP contribution < -0.4 is 5.56 Å². The summed E-state index contributed by atoms with van der Waals surface area (Å²) in [4.78, 5) is 22.5. The Morgan fingerprint density at radius 2 is 2.19 bits per heavy atom. The third-order valence-electron chi connectivity index (χ3n) is 2.46. The van der Waals surface area contributed by atoms with E-state index in [1.165, 1.54) is 4.68 Å². The Hall–Kier alpha value is -1.45. The molecule has 1 aromatic rings. The topological polar surface area (TPSA) is 52.0 Å². The highest BCUT2D eigenvalue weighted by atomic mass is 16.1. The Morgan fingerprint density at radius 3 is 2.69 bits per heavy atom. The van der Waals surface area contributed by atoms with E-state index in [9.17, 15) is 9.59 Å². The van der Waals surface area contributed by atoms with Crippen LogP contribution in [-0.2, 0) is 6.54 Å². The summed E-state index contributed by atoms with van der Waals surface area (Å²) in [6.07, 6.45) is 2.50. The molecule has 4 nitrogen and oxygen atoms in total. The minimum absolute atomic E-state index is 0.204. The molecule has 4 heteroatoms. The van der Waals surface area contributed by atoms with Crippen LogP contribution in [0.5, 0.6) is 0 Å². The van der Waals surface area contributed by atoms with E-state index >= 15 is 0 Å². The van der Waals surface area contributed by atoms with Gasteiger partial charge in [0.2, 0.25) is 0 Å². The van der Waals surface area contributed by atoms with Crippen LogP contribution in [0.2, 0.25) is 0 Å². The molecule has 0 N–H and O–H groups in total. The van der Waals surface area contributed by atoms with Crippen molar-refractivity contribution in [1.82, 2.24) is 9.78 Å². The van der Waals surface area contributed by atoms with Crippen molar-refractivity contribution in [3.63, 3.8) is 0 Å². The molecule has 1 rings (SSSR count). The molecule has 0 bridgehead atoms. The lowest BCUT2D eigenvalue weighted by Gasteiger charge is -2.09. The van der Waals surface area contributed by atoms with Crippen molar-refractivity contribution in [2.24, 2.45) is 0 Å². The Bertz CT molecular complexity index is 422. The number of unbranched alkanes of at least 4 members (excludes halogenated alkanes) is 1. The second kappa shape index (κ2) is 5.58. The zero-order chi connectivity index (χ0) is 12.1. The van der Waals surface area contributed by atoms with E-state index in [1.807, 2.05) is 13.8 Å². The Kier molecular flexibility index (Phi) is 4.40. The molecule has 0 saturated heterocycles. The number of nitrogens with zero attached hydrogens (tertiary/aromatic N) is 2.